The maximum atomic E-state index is 13.9. The quantitative estimate of drug-likeness (QED) is 0.686. The Kier molecular flexibility index (Phi) is 7.24. The summed E-state index contributed by atoms with van der Waals surface area (Å²) in [6.07, 6.45) is 6.73. The van der Waals surface area contributed by atoms with E-state index in [1.165, 1.54) is 29.6 Å². The third kappa shape index (κ3) is 5.00. The number of carbonyl (C=O) groups excluding carboxylic acids is 1. The van der Waals surface area contributed by atoms with Crippen LogP contribution in [0.1, 0.15) is 38.7 Å². The Balaban J connectivity index is 0.000000817. The molecule has 1 saturated heterocycles. The number of allylic oxidation sites excluding steroid dienone is 1. The molecule has 1 amide bonds. The number of imidazole rings is 1. The fourth-order valence-corrected chi connectivity index (χ4v) is 2.78. The summed E-state index contributed by atoms with van der Waals surface area (Å²) >= 11 is 0. The SMILES string of the molecule is CCC.N#CC(=C1CCN(C(=O)n2ccnc2)CC1)c1ccc(F)cc1F. The van der Waals surface area contributed by atoms with Crippen molar-refractivity contribution in [2.45, 2.75) is 33.1 Å². The number of nitriles is 1. The molecule has 1 aromatic carbocycles. The number of carbonyl (C=O) groups is 1. The molecule has 142 valence electrons. The van der Waals surface area contributed by atoms with Crippen LogP contribution >= 0.6 is 0 Å². The van der Waals surface area contributed by atoms with Crippen molar-refractivity contribution >= 4 is 11.6 Å². The minimum atomic E-state index is -0.754. The zero-order chi connectivity index (χ0) is 19.8. The zero-order valence-electron chi connectivity index (χ0n) is 15.5. The maximum Gasteiger partial charge on any atom is 0.329 e. The lowest BCUT2D eigenvalue weighted by molar-refractivity contribution is 0.195. The van der Waals surface area contributed by atoms with Gasteiger partial charge in [0.05, 0.1) is 11.6 Å². The summed E-state index contributed by atoms with van der Waals surface area (Å²) in [5.74, 6) is -1.43. The van der Waals surface area contributed by atoms with Gasteiger partial charge in [0, 0.05) is 37.1 Å². The highest BCUT2D eigenvalue weighted by Gasteiger charge is 2.23. The molecule has 3 rings (SSSR count). The van der Waals surface area contributed by atoms with E-state index in [0.717, 1.165) is 17.7 Å². The van der Waals surface area contributed by atoms with Gasteiger partial charge in [0.2, 0.25) is 0 Å². The van der Waals surface area contributed by atoms with Crippen LogP contribution in [0.15, 0.2) is 42.5 Å². The topological polar surface area (TPSA) is 61.9 Å². The number of piperidine rings is 1. The molecular weight excluding hydrogens is 350 g/mol. The van der Waals surface area contributed by atoms with Crippen LogP contribution in [0.2, 0.25) is 0 Å². The average molecular weight is 372 g/mol. The number of aromatic nitrogens is 2. The van der Waals surface area contributed by atoms with Crippen molar-refractivity contribution < 1.29 is 13.6 Å². The molecule has 0 radical (unpaired) electrons. The van der Waals surface area contributed by atoms with Gasteiger partial charge >= 0.3 is 6.03 Å². The number of hydrogen-bond acceptors (Lipinski definition) is 3. The van der Waals surface area contributed by atoms with Gasteiger partial charge in [-0.25, -0.2) is 18.6 Å². The van der Waals surface area contributed by atoms with E-state index in [0.29, 0.717) is 25.9 Å². The highest BCUT2D eigenvalue weighted by Crippen LogP contribution is 2.28. The molecule has 27 heavy (non-hydrogen) atoms. The van der Waals surface area contributed by atoms with Crippen LogP contribution < -0.4 is 0 Å². The van der Waals surface area contributed by atoms with Crippen LogP contribution in [-0.2, 0) is 0 Å². The summed E-state index contributed by atoms with van der Waals surface area (Å²) in [5.41, 5.74) is 1.10. The van der Waals surface area contributed by atoms with Gasteiger partial charge in [0.25, 0.3) is 0 Å². The van der Waals surface area contributed by atoms with E-state index in [9.17, 15) is 18.8 Å². The summed E-state index contributed by atoms with van der Waals surface area (Å²) in [5, 5.41) is 9.39. The molecule has 0 atom stereocenters. The van der Waals surface area contributed by atoms with Gasteiger partial charge < -0.3 is 4.90 Å². The molecule has 0 N–H and O–H groups in total. The number of hydrogen-bond donors (Lipinski definition) is 0. The van der Waals surface area contributed by atoms with E-state index in [2.05, 4.69) is 18.8 Å². The lowest BCUT2D eigenvalue weighted by Gasteiger charge is -2.29. The average Bonchev–Trinajstić information content (AvgIpc) is 3.19. The van der Waals surface area contributed by atoms with Crippen molar-refractivity contribution in [3.63, 3.8) is 0 Å². The normalized spacial score (nSPS) is 13.4. The van der Waals surface area contributed by atoms with Gasteiger partial charge in [-0.1, -0.05) is 20.3 Å². The molecule has 0 aliphatic carbocycles. The zero-order valence-corrected chi connectivity index (χ0v) is 15.5. The minimum absolute atomic E-state index is 0.100. The number of rotatable bonds is 1. The van der Waals surface area contributed by atoms with Crippen LogP contribution in [0.4, 0.5) is 13.6 Å². The Morgan fingerprint density at radius 2 is 1.93 bits per heavy atom. The molecule has 1 aliphatic rings. The summed E-state index contributed by atoms with van der Waals surface area (Å²) in [4.78, 5) is 17.7. The van der Waals surface area contributed by atoms with Crippen LogP contribution in [-0.4, -0.2) is 33.6 Å². The van der Waals surface area contributed by atoms with E-state index in [4.69, 9.17) is 0 Å². The lowest BCUT2D eigenvalue weighted by Crippen LogP contribution is -2.38. The summed E-state index contributed by atoms with van der Waals surface area (Å²) < 4.78 is 28.4. The number of likely N-dealkylation sites (tertiary alicyclic amines) is 1. The second-order valence-corrected chi connectivity index (χ2v) is 6.16. The predicted octanol–water partition coefficient (Wildman–Crippen LogP) is 4.62. The summed E-state index contributed by atoms with van der Waals surface area (Å²) in [6.45, 7) is 5.11. The Hall–Kier alpha value is -3.01. The van der Waals surface area contributed by atoms with Crippen molar-refractivity contribution in [2.75, 3.05) is 13.1 Å². The Labute approximate surface area is 157 Å². The molecule has 0 bridgehead atoms. The first-order valence-electron chi connectivity index (χ1n) is 8.86. The minimum Gasteiger partial charge on any atom is -0.323 e. The molecular formula is C20H22F2N4O. The van der Waals surface area contributed by atoms with E-state index in [-0.39, 0.29) is 17.2 Å². The highest BCUT2D eigenvalue weighted by atomic mass is 19.1. The fourth-order valence-electron chi connectivity index (χ4n) is 2.78. The largest absolute Gasteiger partial charge is 0.329 e. The third-order valence-electron chi connectivity index (χ3n) is 4.03. The summed E-state index contributed by atoms with van der Waals surface area (Å²) in [6, 6.07) is 5.01. The van der Waals surface area contributed by atoms with Crippen LogP contribution in [0.25, 0.3) is 5.57 Å². The van der Waals surface area contributed by atoms with Crippen LogP contribution in [0, 0.1) is 23.0 Å². The monoisotopic (exact) mass is 372 g/mol. The smallest absolute Gasteiger partial charge is 0.323 e. The fraction of sp³-hybridized carbons (Fsp3) is 0.350. The van der Waals surface area contributed by atoms with Gasteiger partial charge in [-0.2, -0.15) is 5.26 Å². The third-order valence-corrected chi connectivity index (χ3v) is 4.03. The molecule has 1 aromatic heterocycles. The maximum absolute atomic E-state index is 13.9. The second-order valence-electron chi connectivity index (χ2n) is 6.16. The summed E-state index contributed by atoms with van der Waals surface area (Å²) in [7, 11) is 0. The molecule has 2 heterocycles. The molecule has 1 fully saturated rings. The first kappa shape index (κ1) is 20.3. The predicted molar refractivity (Wildman–Crippen MR) is 98.7 cm³/mol. The molecule has 7 heteroatoms. The first-order chi connectivity index (χ1) is 13.0. The molecule has 5 nitrogen and oxygen atoms in total. The van der Waals surface area contributed by atoms with Crippen molar-refractivity contribution in [3.8, 4) is 6.07 Å². The van der Waals surface area contributed by atoms with E-state index >= 15 is 0 Å². The van der Waals surface area contributed by atoms with Gasteiger partial charge in [-0.05, 0) is 30.5 Å². The van der Waals surface area contributed by atoms with Crippen LogP contribution in [0.3, 0.4) is 0 Å². The first-order valence-corrected chi connectivity index (χ1v) is 8.86. The second kappa shape index (κ2) is 9.62. The van der Waals surface area contributed by atoms with Gasteiger partial charge in [0.15, 0.2) is 0 Å². The number of benzene rings is 1. The molecule has 0 saturated carbocycles. The molecule has 0 spiro atoms. The van der Waals surface area contributed by atoms with Crippen molar-refractivity contribution in [1.29, 1.82) is 5.26 Å². The Morgan fingerprint density at radius 3 is 2.44 bits per heavy atom. The van der Waals surface area contributed by atoms with Gasteiger partial charge in [-0.15, -0.1) is 0 Å². The van der Waals surface area contributed by atoms with E-state index in [1.54, 1.807) is 11.1 Å². The van der Waals surface area contributed by atoms with Crippen molar-refractivity contribution in [3.05, 3.63) is 59.7 Å². The van der Waals surface area contributed by atoms with Crippen LogP contribution in [0.5, 0.6) is 0 Å². The molecule has 0 unspecified atom stereocenters. The van der Waals surface area contributed by atoms with Crippen molar-refractivity contribution in [2.24, 2.45) is 0 Å². The number of amides is 1. The lowest BCUT2D eigenvalue weighted by atomic mass is 9.93. The molecule has 2 aromatic rings. The van der Waals surface area contributed by atoms with Gasteiger partial charge in [-0.3, -0.25) is 4.57 Å². The Morgan fingerprint density at radius 1 is 1.26 bits per heavy atom. The standard InChI is InChI=1S/C17H14F2N4O.C3H8/c18-13-1-2-14(16(19)9-13)15(10-20)12-3-6-22(7-4-12)17(24)23-8-5-21-11-23;1-3-2/h1-2,5,8-9,11H,3-4,6-7H2;3H2,1-2H3. The highest BCUT2D eigenvalue weighted by molar-refractivity contribution is 5.81. The van der Waals surface area contributed by atoms with Crippen molar-refractivity contribution in [1.82, 2.24) is 14.5 Å². The van der Waals surface area contributed by atoms with Gasteiger partial charge in [0.1, 0.15) is 18.0 Å². The Bertz CT molecular complexity index is 843. The molecule has 1 aliphatic heterocycles. The number of halogens is 2. The van der Waals surface area contributed by atoms with E-state index < -0.39 is 11.6 Å². The van der Waals surface area contributed by atoms with E-state index in [1.807, 2.05) is 6.07 Å². The number of nitrogens with zero attached hydrogens (tertiary/aromatic N) is 4.